The number of nitrogens with one attached hydrogen (secondary N) is 1. The predicted molar refractivity (Wildman–Crippen MR) is 72.8 cm³/mol. The van der Waals surface area contributed by atoms with Gasteiger partial charge in [-0.25, -0.2) is 0 Å². The molecule has 0 aromatic rings. The van der Waals surface area contributed by atoms with Crippen LogP contribution in [0.25, 0.3) is 0 Å². The van der Waals surface area contributed by atoms with Gasteiger partial charge in [-0.2, -0.15) is 0 Å². The largest absolute Gasteiger partial charge is 0.316 e. The van der Waals surface area contributed by atoms with Crippen LogP contribution in [0, 0.1) is 11.8 Å². The standard InChI is InChI=1S/C15H31N/c1-3-4-5-6-7-12-16-13-15-10-8-14(2)9-11-15/h14-16H,3-13H2,1-2H3. The van der Waals surface area contributed by atoms with Crippen LogP contribution in [-0.4, -0.2) is 13.1 Å². The molecule has 1 aliphatic rings. The van der Waals surface area contributed by atoms with Gasteiger partial charge in [0.05, 0.1) is 0 Å². The normalized spacial score (nSPS) is 25.9. The summed E-state index contributed by atoms with van der Waals surface area (Å²) in [5.41, 5.74) is 0. The summed E-state index contributed by atoms with van der Waals surface area (Å²) in [6.45, 7) is 7.20. The van der Waals surface area contributed by atoms with Crippen molar-refractivity contribution in [3.05, 3.63) is 0 Å². The molecule has 0 spiro atoms. The first kappa shape index (κ1) is 14.0. The topological polar surface area (TPSA) is 12.0 Å². The van der Waals surface area contributed by atoms with Crippen LogP contribution in [0.15, 0.2) is 0 Å². The van der Waals surface area contributed by atoms with E-state index < -0.39 is 0 Å². The van der Waals surface area contributed by atoms with Crippen molar-refractivity contribution in [2.24, 2.45) is 11.8 Å². The van der Waals surface area contributed by atoms with Crippen molar-refractivity contribution in [2.45, 2.75) is 71.6 Å². The first-order valence-electron chi connectivity index (χ1n) is 7.53. The summed E-state index contributed by atoms with van der Waals surface area (Å²) in [4.78, 5) is 0. The van der Waals surface area contributed by atoms with E-state index in [1.807, 2.05) is 0 Å². The zero-order chi connectivity index (χ0) is 11.6. The molecule has 1 N–H and O–H groups in total. The zero-order valence-electron chi connectivity index (χ0n) is 11.4. The van der Waals surface area contributed by atoms with Crippen molar-refractivity contribution < 1.29 is 0 Å². The number of hydrogen-bond acceptors (Lipinski definition) is 1. The van der Waals surface area contributed by atoms with E-state index in [0.29, 0.717) is 0 Å². The molecule has 0 atom stereocenters. The van der Waals surface area contributed by atoms with E-state index in [4.69, 9.17) is 0 Å². The van der Waals surface area contributed by atoms with Gasteiger partial charge in [0.2, 0.25) is 0 Å². The van der Waals surface area contributed by atoms with E-state index in [2.05, 4.69) is 19.2 Å². The molecule has 0 aliphatic heterocycles. The third-order valence-electron chi connectivity index (χ3n) is 4.03. The molecule has 0 heterocycles. The number of hydrogen-bond donors (Lipinski definition) is 1. The van der Waals surface area contributed by atoms with Gasteiger partial charge in [0.15, 0.2) is 0 Å². The van der Waals surface area contributed by atoms with Crippen LogP contribution >= 0.6 is 0 Å². The van der Waals surface area contributed by atoms with Gasteiger partial charge in [0.25, 0.3) is 0 Å². The molecule has 96 valence electrons. The number of rotatable bonds is 8. The summed E-state index contributed by atoms with van der Waals surface area (Å²) in [5, 5.41) is 3.65. The molecule has 16 heavy (non-hydrogen) atoms. The Labute approximate surface area is 102 Å². The van der Waals surface area contributed by atoms with Crippen LogP contribution in [0.3, 0.4) is 0 Å². The molecule has 1 heteroatoms. The highest BCUT2D eigenvalue weighted by atomic mass is 14.9. The average Bonchev–Trinajstić information content (AvgIpc) is 2.30. The molecule has 1 aliphatic carbocycles. The molecular weight excluding hydrogens is 194 g/mol. The Kier molecular flexibility index (Phi) is 7.92. The van der Waals surface area contributed by atoms with Gasteiger partial charge in [0, 0.05) is 0 Å². The molecule has 0 aromatic carbocycles. The Balaban J connectivity index is 1.84. The van der Waals surface area contributed by atoms with Gasteiger partial charge in [-0.05, 0) is 44.2 Å². The summed E-state index contributed by atoms with van der Waals surface area (Å²) in [5.74, 6) is 1.97. The third kappa shape index (κ3) is 6.52. The SMILES string of the molecule is CCCCCCCNCC1CCC(C)CC1. The van der Waals surface area contributed by atoms with Crippen LogP contribution in [-0.2, 0) is 0 Å². The molecule has 1 fully saturated rings. The summed E-state index contributed by atoms with van der Waals surface area (Å²) >= 11 is 0. The summed E-state index contributed by atoms with van der Waals surface area (Å²) in [6, 6.07) is 0. The van der Waals surface area contributed by atoms with Crippen molar-refractivity contribution in [3.63, 3.8) is 0 Å². The Morgan fingerprint density at radius 1 is 0.938 bits per heavy atom. The minimum Gasteiger partial charge on any atom is -0.316 e. The predicted octanol–water partition coefficient (Wildman–Crippen LogP) is 4.37. The Hall–Kier alpha value is -0.0400. The molecule has 1 saturated carbocycles. The van der Waals surface area contributed by atoms with Crippen molar-refractivity contribution in [1.29, 1.82) is 0 Å². The van der Waals surface area contributed by atoms with Crippen molar-refractivity contribution in [2.75, 3.05) is 13.1 Å². The fraction of sp³-hybridized carbons (Fsp3) is 1.00. The van der Waals surface area contributed by atoms with E-state index in [9.17, 15) is 0 Å². The average molecular weight is 225 g/mol. The fourth-order valence-corrected chi connectivity index (χ4v) is 2.69. The van der Waals surface area contributed by atoms with Crippen LogP contribution < -0.4 is 5.32 Å². The maximum absolute atomic E-state index is 3.65. The molecule has 0 aromatic heterocycles. The van der Waals surface area contributed by atoms with Crippen LogP contribution in [0.5, 0.6) is 0 Å². The van der Waals surface area contributed by atoms with E-state index in [1.165, 1.54) is 70.9 Å². The van der Waals surface area contributed by atoms with Crippen molar-refractivity contribution in [1.82, 2.24) is 5.32 Å². The minimum absolute atomic E-state index is 0.979. The highest BCUT2D eigenvalue weighted by molar-refractivity contribution is 4.71. The van der Waals surface area contributed by atoms with Crippen LogP contribution in [0.4, 0.5) is 0 Å². The summed E-state index contributed by atoms with van der Waals surface area (Å²) < 4.78 is 0. The fourth-order valence-electron chi connectivity index (χ4n) is 2.69. The highest BCUT2D eigenvalue weighted by Gasteiger charge is 2.17. The van der Waals surface area contributed by atoms with Gasteiger partial charge in [-0.15, -0.1) is 0 Å². The number of unbranched alkanes of at least 4 members (excludes halogenated alkanes) is 4. The molecule has 0 radical (unpaired) electrons. The second-order valence-corrected chi connectivity index (χ2v) is 5.74. The molecular formula is C15H31N. The van der Waals surface area contributed by atoms with Gasteiger partial charge in [-0.3, -0.25) is 0 Å². The lowest BCUT2D eigenvalue weighted by Gasteiger charge is -2.26. The van der Waals surface area contributed by atoms with Gasteiger partial charge >= 0.3 is 0 Å². The molecule has 0 amide bonds. The molecule has 1 rings (SSSR count). The molecule has 1 nitrogen and oxygen atoms in total. The Bertz CT molecular complexity index is 148. The van der Waals surface area contributed by atoms with Gasteiger partial charge < -0.3 is 5.32 Å². The maximum Gasteiger partial charge on any atom is -0.00205 e. The second kappa shape index (κ2) is 9.04. The molecule has 0 unspecified atom stereocenters. The lowest BCUT2D eigenvalue weighted by Crippen LogP contribution is -2.26. The van der Waals surface area contributed by atoms with Gasteiger partial charge in [0.1, 0.15) is 0 Å². The van der Waals surface area contributed by atoms with E-state index in [1.54, 1.807) is 0 Å². The van der Waals surface area contributed by atoms with E-state index in [0.717, 1.165) is 11.8 Å². The van der Waals surface area contributed by atoms with Gasteiger partial charge in [-0.1, -0.05) is 52.4 Å². The van der Waals surface area contributed by atoms with E-state index in [-0.39, 0.29) is 0 Å². The first-order valence-corrected chi connectivity index (χ1v) is 7.53. The Morgan fingerprint density at radius 2 is 1.62 bits per heavy atom. The van der Waals surface area contributed by atoms with E-state index >= 15 is 0 Å². The lowest BCUT2D eigenvalue weighted by atomic mass is 9.83. The van der Waals surface area contributed by atoms with Crippen LogP contribution in [0.1, 0.15) is 71.6 Å². The van der Waals surface area contributed by atoms with Crippen LogP contribution in [0.2, 0.25) is 0 Å². The summed E-state index contributed by atoms with van der Waals surface area (Å²) in [7, 11) is 0. The van der Waals surface area contributed by atoms with Crippen molar-refractivity contribution in [3.8, 4) is 0 Å². The molecule has 0 saturated heterocycles. The second-order valence-electron chi connectivity index (χ2n) is 5.74. The quantitative estimate of drug-likeness (QED) is 0.605. The maximum atomic E-state index is 3.65. The molecule has 0 bridgehead atoms. The summed E-state index contributed by atoms with van der Waals surface area (Å²) in [6.07, 6.45) is 12.8. The highest BCUT2D eigenvalue weighted by Crippen LogP contribution is 2.27. The van der Waals surface area contributed by atoms with Crippen molar-refractivity contribution >= 4 is 0 Å². The minimum atomic E-state index is 0.979. The lowest BCUT2D eigenvalue weighted by molar-refractivity contribution is 0.281. The first-order chi connectivity index (χ1) is 7.83. The zero-order valence-corrected chi connectivity index (χ0v) is 11.4. The third-order valence-corrected chi connectivity index (χ3v) is 4.03. The Morgan fingerprint density at radius 3 is 2.31 bits per heavy atom. The smallest absolute Gasteiger partial charge is 0.00205 e. The monoisotopic (exact) mass is 225 g/mol.